The molecule has 6 nitrogen and oxygen atoms in total. The number of carbonyl (C=O) groups is 1. The normalized spacial score (nSPS) is 18.4. The molecule has 0 bridgehead atoms. The van der Waals surface area contributed by atoms with Crippen LogP contribution in [0.15, 0.2) is 12.4 Å². The van der Waals surface area contributed by atoms with E-state index in [1.165, 1.54) is 6.20 Å². The molecule has 1 fully saturated rings. The van der Waals surface area contributed by atoms with E-state index in [0.29, 0.717) is 17.4 Å². The van der Waals surface area contributed by atoms with Crippen LogP contribution in [-0.2, 0) is 4.74 Å². The molecule has 0 saturated heterocycles. The van der Waals surface area contributed by atoms with E-state index in [4.69, 9.17) is 16.2 Å². The van der Waals surface area contributed by atoms with Crippen LogP contribution in [0.4, 0.5) is 10.6 Å². The molecule has 1 amide bonds. The molecule has 1 aliphatic carbocycles. The van der Waals surface area contributed by atoms with Gasteiger partial charge in [-0.1, -0.05) is 20.8 Å². The highest BCUT2D eigenvalue weighted by molar-refractivity contribution is 5.65. The Morgan fingerprint density at radius 3 is 2.40 bits per heavy atom. The second-order valence-corrected chi connectivity index (χ2v) is 6.45. The average molecular weight is 278 g/mol. The van der Waals surface area contributed by atoms with Crippen molar-refractivity contribution in [3.05, 3.63) is 18.1 Å². The molecule has 0 spiro atoms. The Kier molecular flexibility index (Phi) is 3.83. The van der Waals surface area contributed by atoms with Gasteiger partial charge >= 0.3 is 6.09 Å². The van der Waals surface area contributed by atoms with Gasteiger partial charge in [-0.2, -0.15) is 0 Å². The monoisotopic (exact) mass is 278 g/mol. The van der Waals surface area contributed by atoms with E-state index < -0.39 is 12.2 Å². The highest BCUT2D eigenvalue weighted by Crippen LogP contribution is 2.52. The first kappa shape index (κ1) is 14.6. The quantitative estimate of drug-likeness (QED) is 0.879. The van der Waals surface area contributed by atoms with Crippen LogP contribution < -0.4 is 11.5 Å². The van der Waals surface area contributed by atoms with E-state index in [2.05, 4.69) is 30.7 Å². The van der Waals surface area contributed by atoms with Crippen LogP contribution in [0.5, 0.6) is 0 Å². The Balaban J connectivity index is 2.34. The Morgan fingerprint density at radius 2 is 2.00 bits per heavy atom. The predicted molar refractivity (Wildman–Crippen MR) is 75.5 cm³/mol. The number of hydrogen-bond donors (Lipinski definition) is 2. The molecule has 4 N–H and O–H groups in total. The number of nitrogens with zero attached hydrogens (tertiary/aromatic N) is 2. The average Bonchev–Trinajstić information content (AvgIpc) is 3.11. The van der Waals surface area contributed by atoms with Gasteiger partial charge in [0.15, 0.2) is 6.10 Å². The summed E-state index contributed by atoms with van der Waals surface area (Å²) in [6.07, 6.45) is 4.05. The summed E-state index contributed by atoms with van der Waals surface area (Å²) in [5.41, 5.74) is 11.4. The van der Waals surface area contributed by atoms with Crippen LogP contribution in [0.1, 0.15) is 45.4 Å². The first-order chi connectivity index (χ1) is 9.29. The zero-order valence-corrected chi connectivity index (χ0v) is 12.2. The number of aromatic nitrogens is 2. The zero-order valence-electron chi connectivity index (χ0n) is 12.2. The molecule has 1 aromatic heterocycles. The molecule has 1 aromatic rings. The Morgan fingerprint density at radius 1 is 1.35 bits per heavy atom. The summed E-state index contributed by atoms with van der Waals surface area (Å²) < 4.78 is 5.36. The van der Waals surface area contributed by atoms with Gasteiger partial charge in [-0.3, -0.25) is 4.98 Å². The van der Waals surface area contributed by atoms with Crippen molar-refractivity contribution in [1.82, 2.24) is 9.97 Å². The standard InChI is InChI=1S/C14H22N4O2/c1-14(2,3)11(8-4-5-8)12(20-13(16)19)9-6-18-10(15)7-17-9/h6-8,11-12H,4-5H2,1-3H3,(H2,15,18)(H2,16,19)/t11-,12+/m0/s1. The van der Waals surface area contributed by atoms with Gasteiger partial charge in [-0.15, -0.1) is 0 Å². The number of hydrogen-bond acceptors (Lipinski definition) is 5. The first-order valence-corrected chi connectivity index (χ1v) is 6.82. The lowest BCUT2D eigenvalue weighted by molar-refractivity contribution is 0.00886. The van der Waals surface area contributed by atoms with E-state index in [0.717, 1.165) is 12.8 Å². The van der Waals surface area contributed by atoms with Crippen molar-refractivity contribution < 1.29 is 9.53 Å². The fourth-order valence-corrected chi connectivity index (χ4v) is 2.80. The Bertz CT molecular complexity index is 477. The molecule has 2 atom stereocenters. The van der Waals surface area contributed by atoms with Crippen LogP contribution >= 0.6 is 0 Å². The smallest absolute Gasteiger partial charge is 0.405 e. The molecule has 6 heteroatoms. The summed E-state index contributed by atoms with van der Waals surface area (Å²) in [5, 5.41) is 0. The third-order valence-corrected chi connectivity index (χ3v) is 3.68. The van der Waals surface area contributed by atoms with Crippen molar-refractivity contribution in [3.8, 4) is 0 Å². The van der Waals surface area contributed by atoms with E-state index in [9.17, 15) is 4.79 Å². The van der Waals surface area contributed by atoms with Gasteiger partial charge in [0.05, 0.1) is 18.1 Å². The maximum atomic E-state index is 11.3. The number of rotatable bonds is 4. The lowest BCUT2D eigenvalue weighted by Gasteiger charge is -2.36. The largest absolute Gasteiger partial charge is 0.439 e. The molecule has 2 rings (SSSR count). The molecule has 20 heavy (non-hydrogen) atoms. The predicted octanol–water partition coefficient (Wildman–Crippen LogP) is 2.27. The molecule has 0 aromatic carbocycles. The minimum Gasteiger partial charge on any atom is -0.439 e. The van der Waals surface area contributed by atoms with Crippen LogP contribution in [0.25, 0.3) is 0 Å². The van der Waals surface area contributed by atoms with E-state index in [-0.39, 0.29) is 11.3 Å². The van der Waals surface area contributed by atoms with Crippen molar-refractivity contribution in [3.63, 3.8) is 0 Å². The lowest BCUT2D eigenvalue weighted by atomic mass is 9.73. The van der Waals surface area contributed by atoms with Gasteiger partial charge in [-0.25, -0.2) is 9.78 Å². The van der Waals surface area contributed by atoms with Crippen molar-refractivity contribution in [2.45, 2.75) is 39.7 Å². The number of carbonyl (C=O) groups excluding carboxylic acids is 1. The van der Waals surface area contributed by atoms with Gasteiger partial charge in [0, 0.05) is 5.92 Å². The fraction of sp³-hybridized carbons (Fsp3) is 0.643. The molecular formula is C14H22N4O2. The van der Waals surface area contributed by atoms with Crippen LogP contribution in [-0.4, -0.2) is 16.1 Å². The minimum absolute atomic E-state index is 0.0235. The van der Waals surface area contributed by atoms with Crippen LogP contribution in [0, 0.1) is 17.3 Å². The SMILES string of the molecule is CC(C)(C)[C@@H](C1CC1)[C@H](OC(N)=O)c1cnc(N)cn1. The molecule has 0 unspecified atom stereocenters. The summed E-state index contributed by atoms with van der Waals surface area (Å²) in [5.74, 6) is 1.02. The molecule has 0 radical (unpaired) electrons. The van der Waals surface area contributed by atoms with E-state index in [1.807, 2.05) is 0 Å². The summed E-state index contributed by atoms with van der Waals surface area (Å²) in [7, 11) is 0. The van der Waals surface area contributed by atoms with E-state index >= 15 is 0 Å². The van der Waals surface area contributed by atoms with Gasteiger partial charge in [0.25, 0.3) is 0 Å². The number of ether oxygens (including phenoxy) is 1. The molecule has 1 aliphatic rings. The third kappa shape index (κ3) is 3.37. The van der Waals surface area contributed by atoms with Crippen molar-refractivity contribution in [2.75, 3.05) is 5.73 Å². The van der Waals surface area contributed by atoms with E-state index in [1.54, 1.807) is 6.20 Å². The van der Waals surface area contributed by atoms with Gasteiger partial charge in [0.2, 0.25) is 0 Å². The minimum atomic E-state index is -0.788. The summed E-state index contributed by atoms with van der Waals surface area (Å²) in [6, 6.07) is 0. The van der Waals surface area contributed by atoms with Crippen LogP contribution in [0.3, 0.4) is 0 Å². The number of nitrogens with two attached hydrogens (primary N) is 2. The Labute approximate surface area is 118 Å². The fourth-order valence-electron chi connectivity index (χ4n) is 2.80. The lowest BCUT2D eigenvalue weighted by Crippen LogP contribution is -2.33. The highest BCUT2D eigenvalue weighted by Gasteiger charge is 2.46. The number of amides is 1. The Hall–Kier alpha value is -1.85. The highest BCUT2D eigenvalue weighted by atomic mass is 16.6. The molecular weight excluding hydrogens is 256 g/mol. The number of primary amides is 1. The van der Waals surface area contributed by atoms with Crippen molar-refractivity contribution in [1.29, 1.82) is 0 Å². The van der Waals surface area contributed by atoms with Crippen molar-refractivity contribution in [2.24, 2.45) is 23.0 Å². The summed E-state index contributed by atoms with van der Waals surface area (Å²) >= 11 is 0. The molecule has 1 saturated carbocycles. The maximum Gasteiger partial charge on any atom is 0.405 e. The summed E-state index contributed by atoms with van der Waals surface area (Å²) in [6.45, 7) is 6.41. The first-order valence-electron chi connectivity index (χ1n) is 6.82. The summed E-state index contributed by atoms with van der Waals surface area (Å²) in [4.78, 5) is 19.5. The third-order valence-electron chi connectivity index (χ3n) is 3.68. The second-order valence-electron chi connectivity index (χ2n) is 6.45. The number of anilines is 1. The second kappa shape index (κ2) is 5.26. The molecule has 110 valence electrons. The zero-order chi connectivity index (χ0) is 14.9. The molecule has 1 heterocycles. The van der Waals surface area contributed by atoms with Gasteiger partial charge in [0.1, 0.15) is 5.82 Å². The van der Waals surface area contributed by atoms with Gasteiger partial charge in [-0.05, 0) is 24.2 Å². The molecule has 0 aliphatic heterocycles. The van der Waals surface area contributed by atoms with Crippen LogP contribution in [0.2, 0.25) is 0 Å². The van der Waals surface area contributed by atoms with Crippen molar-refractivity contribution >= 4 is 11.9 Å². The number of nitrogen functional groups attached to an aromatic ring is 1. The van der Waals surface area contributed by atoms with Gasteiger partial charge < -0.3 is 16.2 Å². The topological polar surface area (TPSA) is 104 Å². The maximum absolute atomic E-state index is 11.3.